The van der Waals surface area contributed by atoms with Gasteiger partial charge in [-0.25, -0.2) is 13.4 Å². The van der Waals surface area contributed by atoms with Gasteiger partial charge in [0.1, 0.15) is 0 Å². The Hall–Kier alpha value is -1.40. The van der Waals surface area contributed by atoms with Crippen LogP contribution < -0.4 is 5.32 Å². The van der Waals surface area contributed by atoms with Crippen molar-refractivity contribution in [3.8, 4) is 0 Å². The molecule has 19 heavy (non-hydrogen) atoms. The van der Waals surface area contributed by atoms with E-state index in [4.69, 9.17) is 0 Å². The van der Waals surface area contributed by atoms with Gasteiger partial charge in [-0.2, -0.15) is 0 Å². The molecule has 6 heteroatoms. The Bertz CT molecular complexity index is 663. The second kappa shape index (κ2) is 5.71. The molecule has 2 rings (SSSR count). The minimum Gasteiger partial charge on any atom is -0.384 e. The van der Waals surface area contributed by atoms with Crippen molar-refractivity contribution < 1.29 is 8.42 Å². The maximum atomic E-state index is 11.6. The van der Waals surface area contributed by atoms with Gasteiger partial charge in [0.05, 0.1) is 15.6 Å². The number of nitrogens with one attached hydrogen (secondary N) is 1. The van der Waals surface area contributed by atoms with Gasteiger partial charge in [-0.15, -0.1) is 11.3 Å². The normalized spacial score (nSPS) is 11.5. The van der Waals surface area contributed by atoms with Gasteiger partial charge in [-0.05, 0) is 19.1 Å². The topological polar surface area (TPSA) is 59.1 Å². The summed E-state index contributed by atoms with van der Waals surface area (Å²) in [6, 6.07) is 6.95. The van der Waals surface area contributed by atoms with Gasteiger partial charge < -0.3 is 5.32 Å². The summed E-state index contributed by atoms with van der Waals surface area (Å²) in [5, 5.41) is 4.22. The lowest BCUT2D eigenvalue weighted by molar-refractivity contribution is 0.602. The van der Waals surface area contributed by atoms with E-state index in [0.717, 1.165) is 11.4 Å². The predicted molar refractivity (Wildman–Crippen MR) is 78.6 cm³/mol. The maximum absolute atomic E-state index is 11.6. The Morgan fingerprint density at radius 3 is 2.68 bits per heavy atom. The van der Waals surface area contributed by atoms with Gasteiger partial charge in [0, 0.05) is 30.3 Å². The zero-order valence-electron chi connectivity index (χ0n) is 10.9. The molecule has 1 N–H and O–H groups in total. The lowest BCUT2D eigenvalue weighted by Gasteiger charge is -2.09. The van der Waals surface area contributed by atoms with E-state index in [2.05, 4.69) is 10.3 Å². The number of nitrogens with zero attached hydrogens (tertiary/aromatic N) is 1. The standard InChI is InChI=1S/C13H16N2O2S2/c1-10-9-15-13(18-10)7-8-14-11-5-3-4-6-12(11)19(2,16)17/h3-6,9,14H,7-8H2,1-2H3. The summed E-state index contributed by atoms with van der Waals surface area (Å²) in [7, 11) is -3.20. The minimum atomic E-state index is -3.20. The first-order valence-corrected chi connectivity index (χ1v) is 8.62. The monoisotopic (exact) mass is 296 g/mol. The average molecular weight is 296 g/mol. The van der Waals surface area contributed by atoms with Crippen LogP contribution in [0, 0.1) is 6.92 Å². The van der Waals surface area contributed by atoms with E-state index >= 15 is 0 Å². The van der Waals surface area contributed by atoms with Crippen LogP contribution in [0.5, 0.6) is 0 Å². The molecule has 102 valence electrons. The molecule has 0 radical (unpaired) electrons. The molecule has 0 unspecified atom stereocenters. The van der Waals surface area contributed by atoms with Crippen LogP contribution in [0.2, 0.25) is 0 Å². The Morgan fingerprint density at radius 1 is 1.32 bits per heavy atom. The van der Waals surface area contributed by atoms with Crippen molar-refractivity contribution in [3.05, 3.63) is 40.3 Å². The molecular formula is C13H16N2O2S2. The number of hydrogen-bond donors (Lipinski definition) is 1. The average Bonchev–Trinajstić information content (AvgIpc) is 2.74. The number of para-hydroxylation sites is 1. The first kappa shape index (κ1) is 14.0. The molecule has 0 atom stereocenters. The highest BCUT2D eigenvalue weighted by Crippen LogP contribution is 2.20. The molecule has 1 aromatic carbocycles. The fourth-order valence-electron chi connectivity index (χ4n) is 1.76. The number of rotatable bonds is 5. The highest BCUT2D eigenvalue weighted by atomic mass is 32.2. The van der Waals surface area contributed by atoms with Gasteiger partial charge in [-0.3, -0.25) is 0 Å². The van der Waals surface area contributed by atoms with Gasteiger partial charge in [0.15, 0.2) is 9.84 Å². The molecule has 0 saturated carbocycles. The third-order valence-electron chi connectivity index (χ3n) is 2.61. The molecule has 0 bridgehead atoms. The summed E-state index contributed by atoms with van der Waals surface area (Å²) in [6.07, 6.45) is 3.86. The van der Waals surface area contributed by atoms with E-state index in [1.54, 1.807) is 29.5 Å². The molecule has 0 spiro atoms. The Kier molecular flexibility index (Phi) is 4.21. The number of aromatic nitrogens is 1. The van der Waals surface area contributed by atoms with Crippen molar-refractivity contribution in [2.24, 2.45) is 0 Å². The molecule has 1 aromatic heterocycles. The van der Waals surface area contributed by atoms with E-state index in [1.165, 1.54) is 11.1 Å². The summed E-state index contributed by atoms with van der Waals surface area (Å²) >= 11 is 1.66. The number of hydrogen-bond acceptors (Lipinski definition) is 5. The summed E-state index contributed by atoms with van der Waals surface area (Å²) < 4.78 is 23.3. The van der Waals surface area contributed by atoms with E-state index in [0.29, 0.717) is 17.1 Å². The highest BCUT2D eigenvalue weighted by molar-refractivity contribution is 7.90. The van der Waals surface area contributed by atoms with Crippen LogP contribution in [0.4, 0.5) is 5.69 Å². The van der Waals surface area contributed by atoms with Gasteiger partial charge in [0.25, 0.3) is 0 Å². The maximum Gasteiger partial charge on any atom is 0.177 e. The molecule has 1 heterocycles. The van der Waals surface area contributed by atoms with Gasteiger partial charge in [0.2, 0.25) is 0 Å². The summed E-state index contributed by atoms with van der Waals surface area (Å²) in [5.74, 6) is 0. The molecule has 0 amide bonds. The molecular weight excluding hydrogens is 280 g/mol. The number of sulfone groups is 1. The quantitative estimate of drug-likeness (QED) is 0.921. The van der Waals surface area contributed by atoms with Crippen LogP contribution in [-0.2, 0) is 16.3 Å². The number of aryl methyl sites for hydroxylation is 1. The van der Waals surface area contributed by atoms with Crippen LogP contribution in [-0.4, -0.2) is 26.2 Å². The number of thiazole rings is 1. The van der Waals surface area contributed by atoms with Crippen molar-refractivity contribution >= 4 is 26.9 Å². The van der Waals surface area contributed by atoms with Crippen LogP contribution in [0.25, 0.3) is 0 Å². The van der Waals surface area contributed by atoms with E-state index < -0.39 is 9.84 Å². The predicted octanol–water partition coefficient (Wildman–Crippen LogP) is 2.51. The Morgan fingerprint density at radius 2 is 2.05 bits per heavy atom. The smallest absolute Gasteiger partial charge is 0.177 e. The lowest BCUT2D eigenvalue weighted by atomic mass is 10.3. The van der Waals surface area contributed by atoms with E-state index in [9.17, 15) is 8.42 Å². The molecule has 0 aliphatic heterocycles. The van der Waals surface area contributed by atoms with Crippen molar-refractivity contribution in [2.45, 2.75) is 18.2 Å². The van der Waals surface area contributed by atoms with Crippen LogP contribution >= 0.6 is 11.3 Å². The molecule has 0 saturated heterocycles. The van der Waals surface area contributed by atoms with Crippen LogP contribution in [0.15, 0.2) is 35.4 Å². The first-order valence-electron chi connectivity index (χ1n) is 5.91. The molecule has 2 aromatic rings. The Labute approximate surface area is 117 Å². The third kappa shape index (κ3) is 3.78. The van der Waals surface area contributed by atoms with Crippen molar-refractivity contribution in [1.82, 2.24) is 4.98 Å². The molecule has 0 aliphatic carbocycles. The fourth-order valence-corrected chi connectivity index (χ4v) is 3.41. The summed E-state index contributed by atoms with van der Waals surface area (Å²) in [4.78, 5) is 5.80. The first-order chi connectivity index (χ1) is 8.97. The van der Waals surface area contributed by atoms with Gasteiger partial charge >= 0.3 is 0 Å². The molecule has 0 fully saturated rings. The Balaban J connectivity index is 2.04. The van der Waals surface area contributed by atoms with E-state index in [-0.39, 0.29) is 0 Å². The van der Waals surface area contributed by atoms with Crippen LogP contribution in [0.3, 0.4) is 0 Å². The zero-order valence-corrected chi connectivity index (χ0v) is 12.5. The summed E-state index contributed by atoms with van der Waals surface area (Å²) in [6.45, 7) is 2.69. The highest BCUT2D eigenvalue weighted by Gasteiger charge is 2.11. The van der Waals surface area contributed by atoms with E-state index in [1.807, 2.05) is 19.2 Å². The number of benzene rings is 1. The summed E-state index contributed by atoms with van der Waals surface area (Å²) in [5.41, 5.74) is 0.651. The fraction of sp³-hybridized carbons (Fsp3) is 0.308. The van der Waals surface area contributed by atoms with Crippen LogP contribution in [0.1, 0.15) is 9.88 Å². The third-order valence-corrected chi connectivity index (χ3v) is 4.74. The zero-order chi connectivity index (χ0) is 13.9. The minimum absolute atomic E-state index is 0.338. The number of anilines is 1. The van der Waals surface area contributed by atoms with Crippen molar-refractivity contribution in [2.75, 3.05) is 18.1 Å². The second-order valence-corrected chi connectivity index (χ2v) is 7.61. The SMILES string of the molecule is Cc1cnc(CCNc2ccccc2S(C)(=O)=O)s1. The van der Waals surface area contributed by atoms with Crippen molar-refractivity contribution in [3.63, 3.8) is 0 Å². The largest absolute Gasteiger partial charge is 0.384 e. The second-order valence-electron chi connectivity index (χ2n) is 4.31. The van der Waals surface area contributed by atoms with Crippen molar-refractivity contribution in [1.29, 1.82) is 0 Å². The lowest BCUT2D eigenvalue weighted by Crippen LogP contribution is -2.09. The van der Waals surface area contributed by atoms with Gasteiger partial charge in [-0.1, -0.05) is 12.1 Å². The molecule has 4 nitrogen and oxygen atoms in total. The molecule has 0 aliphatic rings.